The predicted octanol–water partition coefficient (Wildman–Crippen LogP) is 2.91. The lowest BCUT2D eigenvalue weighted by atomic mass is 10.1. The van der Waals surface area contributed by atoms with Crippen LogP contribution in [0.1, 0.15) is 20.8 Å². The highest BCUT2D eigenvalue weighted by atomic mass is 35.5. The summed E-state index contributed by atoms with van der Waals surface area (Å²) in [6.45, 7) is 0.349. The summed E-state index contributed by atoms with van der Waals surface area (Å²) in [5.41, 5.74) is 7.96. The minimum absolute atomic E-state index is 0.0575. The highest BCUT2D eigenvalue weighted by Crippen LogP contribution is 2.26. The third kappa shape index (κ3) is 5.31. The van der Waals surface area contributed by atoms with E-state index in [1.165, 1.54) is 10.7 Å². The average molecular weight is 519 g/mol. The lowest BCUT2D eigenvalue weighted by Gasteiger charge is -2.13. The van der Waals surface area contributed by atoms with Gasteiger partial charge in [-0.05, 0) is 36.4 Å². The first-order valence-electron chi connectivity index (χ1n) is 11.4. The van der Waals surface area contributed by atoms with Gasteiger partial charge in [0.05, 0.1) is 47.3 Å². The summed E-state index contributed by atoms with van der Waals surface area (Å²) in [6.07, 6.45) is -0.803. The molecule has 3 heterocycles. The Bertz CT molecular complexity index is 1460. The molecule has 1 aliphatic rings. The number of aliphatic hydroxyl groups excluding tert-OH is 1. The zero-order valence-electron chi connectivity index (χ0n) is 19.5. The quantitative estimate of drug-likeness (QED) is 0.307. The van der Waals surface area contributed by atoms with E-state index in [4.69, 9.17) is 22.1 Å². The number of nitrogens with one attached hydrogen (secondary N) is 2. The molecule has 11 heteroatoms. The van der Waals surface area contributed by atoms with Crippen molar-refractivity contribution in [3.05, 3.63) is 89.1 Å². The van der Waals surface area contributed by atoms with Crippen LogP contribution in [0.4, 0.5) is 11.6 Å². The number of benzene rings is 2. The first-order valence-corrected chi connectivity index (χ1v) is 11.8. The Hall–Kier alpha value is -4.25. The van der Waals surface area contributed by atoms with Crippen molar-refractivity contribution < 1.29 is 19.4 Å². The number of anilines is 2. The second kappa shape index (κ2) is 10.4. The monoisotopic (exact) mass is 518 g/mol. The molecule has 188 valence electrons. The molecule has 1 fully saturated rings. The van der Waals surface area contributed by atoms with Crippen LogP contribution in [0.2, 0.25) is 5.02 Å². The normalized spacial score (nSPS) is 16.9. The second-order valence-electron chi connectivity index (χ2n) is 8.44. The minimum atomic E-state index is -0.803. The number of aliphatic hydroxyl groups is 1. The van der Waals surface area contributed by atoms with Gasteiger partial charge in [0.15, 0.2) is 5.69 Å². The summed E-state index contributed by atoms with van der Waals surface area (Å²) in [5, 5.41) is 20.1. The van der Waals surface area contributed by atoms with Gasteiger partial charge < -0.3 is 26.2 Å². The topological polar surface area (TPSA) is 144 Å². The molecule has 2 aromatic carbocycles. The summed E-state index contributed by atoms with van der Waals surface area (Å²) < 4.78 is 6.64. The molecule has 4 aromatic rings. The molecule has 0 bridgehead atoms. The Morgan fingerprint density at radius 3 is 2.57 bits per heavy atom. The summed E-state index contributed by atoms with van der Waals surface area (Å²) in [7, 11) is 0. The summed E-state index contributed by atoms with van der Waals surface area (Å²) >= 11 is 6.37. The highest BCUT2D eigenvalue weighted by Gasteiger charge is 2.29. The van der Waals surface area contributed by atoms with Crippen molar-refractivity contribution in [2.24, 2.45) is 0 Å². The Balaban J connectivity index is 1.45. The smallest absolute Gasteiger partial charge is 0.272 e. The Kier molecular flexibility index (Phi) is 6.87. The van der Waals surface area contributed by atoms with E-state index in [0.717, 1.165) is 0 Å². The summed E-state index contributed by atoms with van der Waals surface area (Å²) in [4.78, 5) is 30.5. The maximum atomic E-state index is 13.3. The molecule has 2 unspecified atom stereocenters. The first kappa shape index (κ1) is 24.4. The van der Waals surface area contributed by atoms with Gasteiger partial charge in [0.1, 0.15) is 11.6 Å². The standard InChI is InChI=1S/C26H23ClN6O4/c27-18-10-9-15(19-7-4-8-23(28)29-19)11-17(18)25(35)31-24-12-20(26(36)30-21-13-37-14-22(21)34)32-33(24)16-5-2-1-3-6-16/h1-12,21-22,34H,13-14H2,(H2,28,29)(H,30,36)(H,31,35). The molecule has 0 aliphatic carbocycles. The van der Waals surface area contributed by atoms with Gasteiger partial charge in [-0.1, -0.05) is 41.9 Å². The molecule has 2 amide bonds. The summed E-state index contributed by atoms with van der Waals surface area (Å²) in [5.74, 6) is -0.396. The number of nitrogen functional groups attached to an aromatic ring is 1. The summed E-state index contributed by atoms with van der Waals surface area (Å²) in [6, 6.07) is 20.2. The van der Waals surface area contributed by atoms with Gasteiger partial charge in [0.2, 0.25) is 0 Å². The van der Waals surface area contributed by atoms with Gasteiger partial charge in [-0.25, -0.2) is 9.67 Å². The van der Waals surface area contributed by atoms with Gasteiger partial charge in [-0.3, -0.25) is 9.59 Å². The number of hydrogen-bond donors (Lipinski definition) is 4. The number of aromatic nitrogens is 3. The molecule has 2 atom stereocenters. The fourth-order valence-corrected chi connectivity index (χ4v) is 4.13. The molecule has 0 spiro atoms. The number of amides is 2. The number of nitrogens with zero attached hydrogens (tertiary/aromatic N) is 3. The molecule has 2 aromatic heterocycles. The second-order valence-corrected chi connectivity index (χ2v) is 8.85. The van der Waals surface area contributed by atoms with E-state index >= 15 is 0 Å². The maximum Gasteiger partial charge on any atom is 0.272 e. The Labute approximate surface area is 217 Å². The molecule has 37 heavy (non-hydrogen) atoms. The number of carbonyl (C=O) groups is 2. The SMILES string of the molecule is Nc1cccc(-c2ccc(Cl)c(C(=O)Nc3cc(C(=O)NC4COCC4O)nn3-c3ccccc3)c2)n1. The van der Waals surface area contributed by atoms with Crippen LogP contribution >= 0.6 is 11.6 Å². The molecule has 1 saturated heterocycles. The van der Waals surface area contributed by atoms with E-state index < -0.39 is 24.0 Å². The molecule has 0 saturated carbocycles. The van der Waals surface area contributed by atoms with Crippen LogP contribution in [0.15, 0.2) is 72.8 Å². The number of hydrogen-bond acceptors (Lipinski definition) is 7. The number of para-hydroxylation sites is 1. The zero-order chi connectivity index (χ0) is 25.9. The van der Waals surface area contributed by atoms with Crippen LogP contribution in [-0.2, 0) is 4.74 Å². The van der Waals surface area contributed by atoms with E-state index in [2.05, 4.69) is 20.7 Å². The van der Waals surface area contributed by atoms with Crippen molar-refractivity contribution in [1.82, 2.24) is 20.1 Å². The Morgan fingerprint density at radius 2 is 1.84 bits per heavy atom. The van der Waals surface area contributed by atoms with Crippen molar-refractivity contribution in [2.45, 2.75) is 12.1 Å². The average Bonchev–Trinajstić information content (AvgIpc) is 3.50. The van der Waals surface area contributed by atoms with Crippen molar-refractivity contribution >= 4 is 35.1 Å². The number of nitrogens with two attached hydrogens (primary N) is 1. The molecular formula is C26H23ClN6O4. The largest absolute Gasteiger partial charge is 0.388 e. The molecule has 1 aliphatic heterocycles. The molecular weight excluding hydrogens is 496 g/mol. The third-order valence-corrected chi connectivity index (χ3v) is 6.16. The van der Waals surface area contributed by atoms with Gasteiger partial charge in [-0.15, -0.1) is 0 Å². The van der Waals surface area contributed by atoms with E-state index in [9.17, 15) is 14.7 Å². The van der Waals surface area contributed by atoms with Crippen molar-refractivity contribution in [3.8, 4) is 16.9 Å². The first-order chi connectivity index (χ1) is 17.9. The molecule has 5 rings (SSSR count). The van der Waals surface area contributed by atoms with Crippen LogP contribution in [0.5, 0.6) is 0 Å². The third-order valence-electron chi connectivity index (χ3n) is 5.83. The number of pyridine rings is 1. The van der Waals surface area contributed by atoms with Gasteiger partial charge >= 0.3 is 0 Å². The molecule has 10 nitrogen and oxygen atoms in total. The predicted molar refractivity (Wildman–Crippen MR) is 139 cm³/mol. The van der Waals surface area contributed by atoms with Gasteiger partial charge in [0.25, 0.3) is 11.8 Å². The van der Waals surface area contributed by atoms with Crippen molar-refractivity contribution in [3.63, 3.8) is 0 Å². The maximum absolute atomic E-state index is 13.3. The molecule has 0 radical (unpaired) electrons. The van der Waals surface area contributed by atoms with E-state index in [1.54, 1.807) is 48.5 Å². The van der Waals surface area contributed by atoms with Crippen LogP contribution in [0, 0.1) is 0 Å². The minimum Gasteiger partial charge on any atom is -0.388 e. The van der Waals surface area contributed by atoms with E-state index in [-0.39, 0.29) is 35.3 Å². The number of carbonyl (C=O) groups excluding carboxylic acids is 2. The van der Waals surface area contributed by atoms with Gasteiger partial charge in [0, 0.05) is 11.6 Å². The number of halogens is 1. The van der Waals surface area contributed by atoms with E-state index in [0.29, 0.717) is 22.8 Å². The fraction of sp³-hybridized carbons (Fsp3) is 0.154. The van der Waals surface area contributed by atoms with Crippen molar-refractivity contribution in [2.75, 3.05) is 24.3 Å². The highest BCUT2D eigenvalue weighted by molar-refractivity contribution is 6.34. The van der Waals surface area contributed by atoms with Crippen LogP contribution in [0.3, 0.4) is 0 Å². The van der Waals surface area contributed by atoms with E-state index in [1.807, 2.05) is 18.2 Å². The fourth-order valence-electron chi connectivity index (χ4n) is 3.92. The van der Waals surface area contributed by atoms with Crippen molar-refractivity contribution in [1.29, 1.82) is 0 Å². The zero-order valence-corrected chi connectivity index (χ0v) is 20.2. The van der Waals surface area contributed by atoms with Crippen LogP contribution in [-0.4, -0.2) is 57.0 Å². The number of ether oxygens (including phenoxy) is 1. The number of rotatable bonds is 6. The Morgan fingerprint density at radius 1 is 1.03 bits per heavy atom. The van der Waals surface area contributed by atoms with Crippen LogP contribution in [0.25, 0.3) is 16.9 Å². The van der Waals surface area contributed by atoms with Gasteiger partial charge in [-0.2, -0.15) is 5.10 Å². The van der Waals surface area contributed by atoms with Crippen LogP contribution < -0.4 is 16.4 Å². The lowest BCUT2D eigenvalue weighted by Crippen LogP contribution is -2.42. The molecule has 5 N–H and O–H groups in total. The lowest BCUT2D eigenvalue weighted by molar-refractivity contribution is 0.0881.